The molecule has 1 atom stereocenters. The van der Waals surface area contributed by atoms with Gasteiger partial charge in [-0.2, -0.15) is 10.2 Å². The van der Waals surface area contributed by atoms with Crippen LogP contribution in [0.3, 0.4) is 0 Å². The largest absolute Gasteiger partial charge is 0.351 e. The summed E-state index contributed by atoms with van der Waals surface area (Å²) in [6, 6.07) is 1.78. The summed E-state index contributed by atoms with van der Waals surface area (Å²) in [6.45, 7) is 6.37. The van der Waals surface area contributed by atoms with Crippen molar-refractivity contribution in [3.63, 3.8) is 0 Å². The van der Waals surface area contributed by atoms with Gasteiger partial charge in [-0.3, -0.25) is 4.79 Å². The Labute approximate surface area is 104 Å². The van der Waals surface area contributed by atoms with Gasteiger partial charge in [0.1, 0.15) is 0 Å². The number of alkyl halides is 1. The SMILES string of the molecule is CCc1nnc(C)cc1C(=O)NCC(C)Br. The van der Waals surface area contributed by atoms with E-state index in [4.69, 9.17) is 0 Å². The van der Waals surface area contributed by atoms with E-state index in [1.807, 2.05) is 20.8 Å². The zero-order valence-electron chi connectivity index (χ0n) is 9.75. The molecule has 1 heterocycles. The van der Waals surface area contributed by atoms with Crippen molar-refractivity contribution in [1.29, 1.82) is 0 Å². The van der Waals surface area contributed by atoms with Crippen LogP contribution >= 0.6 is 15.9 Å². The molecule has 0 bridgehead atoms. The molecule has 16 heavy (non-hydrogen) atoms. The summed E-state index contributed by atoms with van der Waals surface area (Å²) >= 11 is 3.38. The van der Waals surface area contributed by atoms with E-state index in [-0.39, 0.29) is 10.7 Å². The number of nitrogens with one attached hydrogen (secondary N) is 1. The minimum atomic E-state index is -0.0823. The zero-order valence-corrected chi connectivity index (χ0v) is 11.3. The van der Waals surface area contributed by atoms with Crippen molar-refractivity contribution in [2.24, 2.45) is 0 Å². The highest BCUT2D eigenvalue weighted by molar-refractivity contribution is 9.09. The van der Waals surface area contributed by atoms with Crippen molar-refractivity contribution in [2.75, 3.05) is 6.54 Å². The highest BCUT2D eigenvalue weighted by Crippen LogP contribution is 2.07. The molecule has 1 unspecified atom stereocenters. The van der Waals surface area contributed by atoms with Crippen LogP contribution in [0.15, 0.2) is 6.07 Å². The molecule has 1 rings (SSSR count). The molecule has 0 aliphatic carbocycles. The van der Waals surface area contributed by atoms with E-state index in [1.54, 1.807) is 6.07 Å². The van der Waals surface area contributed by atoms with Crippen LogP contribution in [0, 0.1) is 6.92 Å². The molecule has 0 fully saturated rings. The summed E-state index contributed by atoms with van der Waals surface area (Å²) in [5.41, 5.74) is 2.13. The van der Waals surface area contributed by atoms with Crippen LogP contribution < -0.4 is 5.32 Å². The van der Waals surface area contributed by atoms with E-state index in [0.717, 1.165) is 11.4 Å². The van der Waals surface area contributed by atoms with E-state index >= 15 is 0 Å². The van der Waals surface area contributed by atoms with Gasteiger partial charge in [0, 0.05) is 11.4 Å². The molecule has 88 valence electrons. The molecule has 4 nitrogen and oxygen atoms in total. The molecule has 1 aromatic rings. The van der Waals surface area contributed by atoms with Crippen molar-refractivity contribution in [2.45, 2.75) is 32.0 Å². The summed E-state index contributed by atoms with van der Waals surface area (Å²) in [7, 11) is 0. The van der Waals surface area contributed by atoms with Crippen molar-refractivity contribution in [3.05, 3.63) is 23.0 Å². The van der Waals surface area contributed by atoms with Gasteiger partial charge in [0.25, 0.3) is 5.91 Å². The number of rotatable bonds is 4. The Morgan fingerprint density at radius 2 is 2.25 bits per heavy atom. The van der Waals surface area contributed by atoms with Crippen LogP contribution in [0.1, 0.15) is 35.6 Å². The predicted octanol–water partition coefficient (Wildman–Crippen LogP) is 1.86. The number of aromatic nitrogens is 2. The highest BCUT2D eigenvalue weighted by Gasteiger charge is 2.12. The molecule has 0 aromatic carbocycles. The predicted molar refractivity (Wildman–Crippen MR) is 66.9 cm³/mol. The van der Waals surface area contributed by atoms with Gasteiger partial charge in [0.15, 0.2) is 0 Å². The zero-order chi connectivity index (χ0) is 12.1. The Morgan fingerprint density at radius 3 is 2.81 bits per heavy atom. The Morgan fingerprint density at radius 1 is 1.56 bits per heavy atom. The second-order valence-corrected chi connectivity index (χ2v) is 5.25. The molecule has 0 spiro atoms. The second kappa shape index (κ2) is 5.94. The van der Waals surface area contributed by atoms with E-state index in [9.17, 15) is 4.79 Å². The summed E-state index contributed by atoms with van der Waals surface area (Å²) in [5.74, 6) is -0.0823. The Kier molecular flexibility index (Phi) is 4.86. The lowest BCUT2D eigenvalue weighted by Crippen LogP contribution is -2.29. The van der Waals surface area contributed by atoms with Crippen molar-refractivity contribution in [3.8, 4) is 0 Å². The van der Waals surface area contributed by atoms with Crippen LogP contribution in [0.2, 0.25) is 0 Å². The van der Waals surface area contributed by atoms with Crippen LogP contribution in [0.4, 0.5) is 0 Å². The maximum Gasteiger partial charge on any atom is 0.253 e. The normalized spacial score (nSPS) is 12.2. The number of carbonyl (C=O) groups excluding carboxylic acids is 1. The standard InChI is InChI=1S/C11H16BrN3O/c1-4-10-9(5-8(3)14-15-10)11(16)13-6-7(2)12/h5,7H,4,6H2,1-3H3,(H,13,16). The monoisotopic (exact) mass is 285 g/mol. The van der Waals surface area contributed by atoms with Crippen molar-refractivity contribution < 1.29 is 4.79 Å². The first-order chi connectivity index (χ1) is 7.54. The van der Waals surface area contributed by atoms with E-state index in [2.05, 4.69) is 31.4 Å². The molecule has 0 aliphatic heterocycles. The molecule has 0 saturated carbocycles. The maximum absolute atomic E-state index is 11.9. The number of nitrogens with zero attached hydrogens (tertiary/aromatic N) is 2. The summed E-state index contributed by atoms with van der Waals surface area (Å²) in [5, 5.41) is 10.8. The number of halogens is 1. The summed E-state index contributed by atoms with van der Waals surface area (Å²) in [6.07, 6.45) is 0.708. The molecule has 1 amide bonds. The number of amides is 1. The maximum atomic E-state index is 11.9. The number of hydrogen-bond donors (Lipinski definition) is 1. The van der Waals surface area contributed by atoms with Crippen LogP contribution in [0.5, 0.6) is 0 Å². The topological polar surface area (TPSA) is 54.9 Å². The summed E-state index contributed by atoms with van der Waals surface area (Å²) < 4.78 is 0. The van der Waals surface area contributed by atoms with Crippen LogP contribution in [0.25, 0.3) is 0 Å². The average molecular weight is 286 g/mol. The lowest BCUT2D eigenvalue weighted by atomic mass is 10.1. The lowest BCUT2D eigenvalue weighted by Gasteiger charge is -2.09. The molecular weight excluding hydrogens is 270 g/mol. The highest BCUT2D eigenvalue weighted by atomic mass is 79.9. The van der Waals surface area contributed by atoms with Gasteiger partial charge in [-0.05, 0) is 19.4 Å². The van der Waals surface area contributed by atoms with Gasteiger partial charge < -0.3 is 5.32 Å². The van der Waals surface area contributed by atoms with Crippen molar-refractivity contribution >= 4 is 21.8 Å². The Hall–Kier alpha value is -0.970. The van der Waals surface area contributed by atoms with E-state index in [0.29, 0.717) is 18.5 Å². The third-order valence-electron chi connectivity index (χ3n) is 2.12. The van der Waals surface area contributed by atoms with Crippen molar-refractivity contribution in [1.82, 2.24) is 15.5 Å². The van der Waals surface area contributed by atoms with E-state index in [1.165, 1.54) is 0 Å². The molecule has 1 N–H and O–H groups in total. The van der Waals surface area contributed by atoms with Gasteiger partial charge in [0.2, 0.25) is 0 Å². The van der Waals surface area contributed by atoms with Gasteiger partial charge in [-0.15, -0.1) is 0 Å². The Bertz CT molecular complexity index is 379. The third kappa shape index (κ3) is 3.56. The molecule has 0 radical (unpaired) electrons. The van der Waals surface area contributed by atoms with Gasteiger partial charge in [0.05, 0.1) is 17.0 Å². The van der Waals surface area contributed by atoms with Gasteiger partial charge in [-0.1, -0.05) is 29.8 Å². The average Bonchev–Trinajstić information content (AvgIpc) is 2.25. The molecular formula is C11H16BrN3O. The first-order valence-electron chi connectivity index (χ1n) is 5.30. The number of hydrogen-bond acceptors (Lipinski definition) is 3. The van der Waals surface area contributed by atoms with Crippen LogP contribution in [-0.4, -0.2) is 27.5 Å². The molecule has 0 aliphatic rings. The van der Waals surface area contributed by atoms with Crippen LogP contribution in [-0.2, 0) is 6.42 Å². The van der Waals surface area contributed by atoms with Gasteiger partial charge in [-0.25, -0.2) is 0 Å². The third-order valence-corrected chi connectivity index (χ3v) is 2.44. The fourth-order valence-electron chi connectivity index (χ4n) is 1.30. The minimum Gasteiger partial charge on any atom is -0.351 e. The van der Waals surface area contributed by atoms with E-state index < -0.39 is 0 Å². The first kappa shape index (κ1) is 13.1. The fourth-order valence-corrected chi connectivity index (χ4v) is 1.46. The number of aryl methyl sites for hydroxylation is 2. The smallest absolute Gasteiger partial charge is 0.253 e. The van der Waals surface area contributed by atoms with Gasteiger partial charge >= 0.3 is 0 Å². The molecule has 1 aromatic heterocycles. The quantitative estimate of drug-likeness (QED) is 0.860. The second-order valence-electron chi connectivity index (χ2n) is 3.69. The molecule has 0 saturated heterocycles. The lowest BCUT2D eigenvalue weighted by molar-refractivity contribution is 0.0952. The minimum absolute atomic E-state index is 0.0823. The molecule has 5 heteroatoms. The first-order valence-corrected chi connectivity index (χ1v) is 6.21. The summed E-state index contributed by atoms with van der Waals surface area (Å²) in [4.78, 5) is 12.1. The Balaban J connectivity index is 2.84. The fraction of sp³-hybridized carbons (Fsp3) is 0.545. The number of carbonyl (C=O) groups is 1.